The van der Waals surface area contributed by atoms with Crippen LogP contribution in [0.2, 0.25) is 0 Å². The topological polar surface area (TPSA) is 79.2 Å². The number of pyridine rings is 4. The Labute approximate surface area is 267 Å². The minimum atomic E-state index is -0.188. The van der Waals surface area contributed by atoms with E-state index in [-0.39, 0.29) is 18.3 Å². The molecule has 1 saturated carbocycles. The van der Waals surface area contributed by atoms with Crippen LogP contribution in [0.1, 0.15) is 78.8 Å². The Morgan fingerprint density at radius 1 is 0.467 bits per heavy atom. The number of hydrogen-bond acceptors (Lipinski definition) is 7. The van der Waals surface area contributed by atoms with E-state index in [9.17, 15) is 0 Å². The first-order valence-electron chi connectivity index (χ1n) is 15.5. The lowest BCUT2D eigenvalue weighted by atomic mass is 9.84. The molecule has 0 spiro atoms. The van der Waals surface area contributed by atoms with E-state index in [1.165, 1.54) is 32.1 Å². The fourth-order valence-electron chi connectivity index (χ4n) is 5.58. The van der Waals surface area contributed by atoms with Crippen molar-refractivity contribution in [3.05, 3.63) is 156 Å². The zero-order valence-electron chi connectivity index (χ0n) is 26.5. The van der Waals surface area contributed by atoms with Crippen LogP contribution >= 0.6 is 0 Å². The third-order valence-electron chi connectivity index (χ3n) is 7.75. The molecule has 0 N–H and O–H groups in total. The largest absolute Gasteiger partial charge is 0.375 e. The van der Waals surface area contributed by atoms with E-state index in [1.807, 2.05) is 103 Å². The SMILES string of the molecule is COC(c1ccccc1)c1ccccn1.COC(c1ccccn1)C1CCCCC1.COC(c1ccccn1)c1ccccn1. The summed E-state index contributed by atoms with van der Waals surface area (Å²) in [6.45, 7) is 0. The van der Waals surface area contributed by atoms with Crippen molar-refractivity contribution < 1.29 is 14.2 Å². The Balaban J connectivity index is 0.000000154. The van der Waals surface area contributed by atoms with Crippen molar-refractivity contribution in [2.45, 2.75) is 50.4 Å². The van der Waals surface area contributed by atoms with Crippen molar-refractivity contribution in [2.75, 3.05) is 21.3 Å². The molecule has 0 bridgehead atoms. The predicted octanol–water partition coefficient (Wildman–Crippen LogP) is 8.38. The fourth-order valence-corrected chi connectivity index (χ4v) is 5.58. The van der Waals surface area contributed by atoms with Crippen molar-refractivity contribution >= 4 is 0 Å². The van der Waals surface area contributed by atoms with Crippen molar-refractivity contribution in [1.29, 1.82) is 0 Å². The van der Waals surface area contributed by atoms with Crippen LogP contribution in [0.15, 0.2) is 128 Å². The summed E-state index contributed by atoms with van der Waals surface area (Å²) in [4.78, 5) is 17.2. The first-order valence-corrected chi connectivity index (χ1v) is 15.5. The van der Waals surface area contributed by atoms with E-state index in [1.54, 1.807) is 39.9 Å². The molecule has 5 aromatic rings. The highest BCUT2D eigenvalue weighted by Gasteiger charge is 2.25. The van der Waals surface area contributed by atoms with Crippen LogP contribution in [0.5, 0.6) is 0 Å². The van der Waals surface area contributed by atoms with Crippen LogP contribution in [-0.4, -0.2) is 41.3 Å². The molecule has 0 saturated heterocycles. The molecular weight excluding hydrogens is 560 g/mol. The number of aromatic nitrogens is 4. The number of nitrogens with zero attached hydrogens (tertiary/aromatic N) is 4. The molecule has 1 aromatic carbocycles. The van der Waals surface area contributed by atoms with E-state index < -0.39 is 0 Å². The maximum Gasteiger partial charge on any atom is 0.141 e. The van der Waals surface area contributed by atoms with Gasteiger partial charge in [0.1, 0.15) is 18.3 Å². The zero-order valence-corrected chi connectivity index (χ0v) is 26.5. The van der Waals surface area contributed by atoms with Crippen LogP contribution in [0.3, 0.4) is 0 Å². The maximum absolute atomic E-state index is 5.61. The average Bonchev–Trinajstić information content (AvgIpc) is 3.13. The number of benzene rings is 1. The van der Waals surface area contributed by atoms with Gasteiger partial charge in [-0.1, -0.05) is 73.9 Å². The Kier molecular flexibility index (Phi) is 14.3. The zero-order chi connectivity index (χ0) is 31.5. The van der Waals surface area contributed by atoms with Crippen molar-refractivity contribution in [3.63, 3.8) is 0 Å². The second kappa shape index (κ2) is 19.2. The highest BCUT2D eigenvalue weighted by Crippen LogP contribution is 2.35. The van der Waals surface area contributed by atoms with E-state index in [2.05, 4.69) is 26.0 Å². The summed E-state index contributed by atoms with van der Waals surface area (Å²) in [5.41, 5.74) is 4.90. The van der Waals surface area contributed by atoms with Gasteiger partial charge in [-0.2, -0.15) is 0 Å². The van der Waals surface area contributed by atoms with Crippen molar-refractivity contribution in [1.82, 2.24) is 19.9 Å². The van der Waals surface area contributed by atoms with E-state index >= 15 is 0 Å². The van der Waals surface area contributed by atoms with Gasteiger partial charge in [0.25, 0.3) is 0 Å². The molecule has 1 fully saturated rings. The number of methoxy groups -OCH3 is 3. The first kappa shape index (κ1) is 33.6. The highest BCUT2D eigenvalue weighted by atomic mass is 16.5. The van der Waals surface area contributed by atoms with E-state index in [0.29, 0.717) is 5.92 Å². The third-order valence-corrected chi connectivity index (χ3v) is 7.75. The molecule has 4 heterocycles. The minimum absolute atomic E-state index is 0.0765. The van der Waals surface area contributed by atoms with Crippen molar-refractivity contribution in [2.24, 2.45) is 5.92 Å². The lowest BCUT2D eigenvalue weighted by Gasteiger charge is -2.28. The second-order valence-corrected chi connectivity index (χ2v) is 10.7. The molecule has 0 amide bonds. The quantitative estimate of drug-likeness (QED) is 0.167. The van der Waals surface area contributed by atoms with Crippen LogP contribution in [0, 0.1) is 5.92 Å². The van der Waals surface area contributed by atoms with Crippen LogP contribution in [0.4, 0.5) is 0 Å². The molecule has 45 heavy (non-hydrogen) atoms. The van der Waals surface area contributed by atoms with Gasteiger partial charge in [0.2, 0.25) is 0 Å². The standard InChI is InChI=1S/C13H19NO.C13H13NO.C12H12N2O/c2*1-15-13(11-7-3-2-4-8-11)12-9-5-6-10-14-12;1-15-12(10-6-2-4-8-13-10)11-7-3-5-9-14-11/h5-6,9-11,13H,2-4,7-8H2,1H3;2-10,13H,1H3;2-9,12H,1H3. The summed E-state index contributed by atoms with van der Waals surface area (Å²) in [5.74, 6) is 0.665. The second-order valence-electron chi connectivity index (χ2n) is 10.7. The highest BCUT2D eigenvalue weighted by molar-refractivity contribution is 5.25. The molecule has 7 nitrogen and oxygen atoms in total. The van der Waals surface area contributed by atoms with E-state index in [4.69, 9.17) is 14.2 Å². The molecule has 1 aliphatic rings. The lowest BCUT2D eigenvalue weighted by Crippen LogP contribution is -2.18. The smallest absolute Gasteiger partial charge is 0.141 e. The molecule has 1 aliphatic carbocycles. The number of ether oxygens (including phenoxy) is 3. The van der Waals surface area contributed by atoms with Gasteiger partial charge < -0.3 is 14.2 Å². The Morgan fingerprint density at radius 3 is 1.29 bits per heavy atom. The maximum atomic E-state index is 5.61. The summed E-state index contributed by atoms with van der Waals surface area (Å²) in [6.07, 6.45) is 13.7. The van der Waals surface area contributed by atoms with Gasteiger partial charge in [-0.25, -0.2) is 0 Å². The normalized spacial score (nSPS) is 14.3. The molecule has 0 aliphatic heterocycles. The summed E-state index contributed by atoms with van der Waals surface area (Å²) >= 11 is 0. The van der Waals surface area contributed by atoms with Gasteiger partial charge in [-0.3, -0.25) is 19.9 Å². The Morgan fingerprint density at radius 2 is 0.889 bits per heavy atom. The molecular formula is C38H44N4O3. The van der Waals surface area contributed by atoms with Crippen molar-refractivity contribution in [3.8, 4) is 0 Å². The van der Waals surface area contributed by atoms with Gasteiger partial charge in [0.15, 0.2) is 0 Å². The molecule has 234 valence electrons. The van der Waals surface area contributed by atoms with Gasteiger partial charge in [0, 0.05) is 46.1 Å². The van der Waals surface area contributed by atoms with Gasteiger partial charge >= 0.3 is 0 Å². The molecule has 4 aromatic heterocycles. The van der Waals surface area contributed by atoms with Crippen LogP contribution in [-0.2, 0) is 14.2 Å². The molecule has 7 heteroatoms. The number of rotatable bonds is 9. The van der Waals surface area contributed by atoms with Crippen LogP contribution < -0.4 is 0 Å². The lowest BCUT2D eigenvalue weighted by molar-refractivity contribution is 0.0323. The first-order chi connectivity index (χ1) is 22.2. The van der Waals surface area contributed by atoms with Crippen LogP contribution in [0.25, 0.3) is 0 Å². The Hall–Kier alpha value is -4.30. The van der Waals surface area contributed by atoms with Gasteiger partial charge in [0.05, 0.1) is 22.8 Å². The molecule has 0 radical (unpaired) electrons. The van der Waals surface area contributed by atoms with Gasteiger partial charge in [-0.05, 0) is 72.9 Å². The minimum Gasteiger partial charge on any atom is -0.375 e. The molecule has 6 rings (SSSR count). The summed E-state index contributed by atoms with van der Waals surface area (Å²) in [7, 11) is 5.16. The Bertz CT molecular complexity index is 1280. The summed E-state index contributed by atoms with van der Waals surface area (Å²) in [5, 5.41) is 0. The van der Waals surface area contributed by atoms with Gasteiger partial charge in [-0.15, -0.1) is 0 Å². The monoisotopic (exact) mass is 604 g/mol. The number of hydrogen-bond donors (Lipinski definition) is 0. The molecule has 2 unspecified atom stereocenters. The van der Waals surface area contributed by atoms with E-state index in [0.717, 1.165) is 28.3 Å². The third kappa shape index (κ3) is 10.4. The fraction of sp³-hybridized carbons (Fsp3) is 0.316. The average molecular weight is 605 g/mol. The predicted molar refractivity (Wildman–Crippen MR) is 177 cm³/mol. The summed E-state index contributed by atoms with van der Waals surface area (Å²) in [6, 6.07) is 33.5. The summed E-state index contributed by atoms with van der Waals surface area (Å²) < 4.78 is 16.5. The molecule has 2 atom stereocenters.